The van der Waals surface area contributed by atoms with Crippen molar-refractivity contribution in [2.75, 3.05) is 47.5 Å². The number of nitrogens with zero attached hydrogens (tertiary/aromatic N) is 1. The van der Waals surface area contributed by atoms with Gasteiger partial charge in [-0.1, -0.05) is 285 Å². The van der Waals surface area contributed by atoms with Gasteiger partial charge >= 0.3 is 19.8 Å². The lowest BCUT2D eigenvalue weighted by Gasteiger charge is -2.24. The van der Waals surface area contributed by atoms with Crippen LogP contribution in [-0.4, -0.2) is 74.9 Å². The van der Waals surface area contributed by atoms with Crippen molar-refractivity contribution in [3.05, 3.63) is 194 Å². The van der Waals surface area contributed by atoms with E-state index in [0.29, 0.717) is 23.9 Å². The Balaban J connectivity index is 4.16. The van der Waals surface area contributed by atoms with Crippen molar-refractivity contribution in [2.45, 2.75) is 251 Å². The molecule has 0 aromatic carbocycles. The van der Waals surface area contributed by atoms with E-state index in [0.717, 1.165) is 161 Å². The number of likely N-dealkylation sites (N-methyl/N-ethyl adjacent to an activating group) is 1. The molecule has 0 aliphatic rings. The second-order valence-corrected chi connectivity index (χ2v) is 25.3. The van der Waals surface area contributed by atoms with Crippen molar-refractivity contribution in [1.82, 2.24) is 0 Å². The molecule has 0 aliphatic heterocycles. The first-order chi connectivity index (χ1) is 44.0. The number of hydrogen-bond donors (Lipinski definition) is 1. The lowest BCUT2D eigenvalue weighted by atomic mass is 10.0. The molecular formula is C80H129NO8P+. The summed E-state index contributed by atoms with van der Waals surface area (Å²) in [5.74, 6) is -0.836. The first-order valence-corrected chi connectivity index (χ1v) is 36.7. The highest BCUT2D eigenvalue weighted by Crippen LogP contribution is 2.43. The molecule has 0 saturated heterocycles. The third-order valence-electron chi connectivity index (χ3n) is 14.1. The molecule has 0 fully saturated rings. The summed E-state index contributed by atoms with van der Waals surface area (Å²) >= 11 is 0. The minimum atomic E-state index is -4.41. The van der Waals surface area contributed by atoms with Crippen molar-refractivity contribution < 1.29 is 42.1 Å². The van der Waals surface area contributed by atoms with Gasteiger partial charge in [0, 0.05) is 12.8 Å². The first kappa shape index (κ1) is 84.8. The Kier molecular flexibility index (Phi) is 64.3. The third-order valence-corrected chi connectivity index (χ3v) is 15.1. The molecule has 0 spiro atoms. The maximum atomic E-state index is 12.9. The Hall–Kier alpha value is -5.15. The van der Waals surface area contributed by atoms with Crippen LogP contribution in [0, 0.1) is 0 Å². The number of hydrogen-bond acceptors (Lipinski definition) is 7. The predicted octanol–water partition coefficient (Wildman–Crippen LogP) is 23.3. The number of phosphoric acid groups is 1. The van der Waals surface area contributed by atoms with Crippen LogP contribution in [0.25, 0.3) is 0 Å². The van der Waals surface area contributed by atoms with E-state index in [1.54, 1.807) is 0 Å². The van der Waals surface area contributed by atoms with Crippen LogP contribution in [0.1, 0.15) is 245 Å². The molecule has 10 heteroatoms. The number of rotatable bonds is 62. The van der Waals surface area contributed by atoms with Crippen LogP contribution in [0.5, 0.6) is 0 Å². The topological polar surface area (TPSA) is 108 Å². The van der Waals surface area contributed by atoms with Gasteiger partial charge in [-0.15, -0.1) is 0 Å². The van der Waals surface area contributed by atoms with Gasteiger partial charge in [0.05, 0.1) is 27.7 Å². The molecule has 9 nitrogen and oxygen atoms in total. The van der Waals surface area contributed by atoms with Crippen molar-refractivity contribution in [1.29, 1.82) is 0 Å². The van der Waals surface area contributed by atoms with Crippen LogP contribution < -0.4 is 0 Å². The monoisotopic (exact) mass is 1260 g/mol. The van der Waals surface area contributed by atoms with Crippen molar-refractivity contribution in [2.24, 2.45) is 0 Å². The van der Waals surface area contributed by atoms with Gasteiger partial charge in [-0.2, -0.15) is 0 Å². The Morgan fingerprint density at radius 2 is 0.600 bits per heavy atom. The summed E-state index contributed by atoms with van der Waals surface area (Å²) in [4.78, 5) is 35.9. The van der Waals surface area contributed by atoms with E-state index in [1.165, 1.54) is 44.9 Å². The highest BCUT2D eigenvalue weighted by atomic mass is 31.2. The Labute approximate surface area is 552 Å². The molecule has 0 heterocycles. The Bertz CT molecular complexity index is 2220. The number of allylic oxidation sites excluding steroid dienone is 32. The standard InChI is InChI=1S/C80H128NO8P/c1-6-8-10-12-14-16-18-20-22-24-26-28-30-32-34-35-36-37-38-39-40-41-42-43-44-45-47-49-51-53-55-57-59-61-63-65-67-69-71-73-80(83)89-78(77-88-90(84,85)87-75-74-81(3,4)5)76-86-79(82)72-70-68-66-64-62-60-58-56-54-52-50-48-46-33-31-29-27-25-23-21-19-17-15-13-11-9-7-2/h8-11,14-17,20-23,26-29,32-34,36-37,39-40,42-43,45-47,50,52,56,58,78H,6-7,12-13,18-19,24-25,30-31,35,38,41,44,48-49,51,53-55,57,59-77H2,1-5H3/p+1/b10-8-,11-9-,16-14-,17-15-,22-20-,23-21-,28-26-,29-27-,34-32-,37-36-,40-39-,43-42-,46-33-,47-45-,52-50-,58-56-. The number of carbonyl (C=O) groups excluding carboxylic acids is 2. The molecule has 90 heavy (non-hydrogen) atoms. The van der Waals surface area contributed by atoms with Crippen molar-refractivity contribution in [3.8, 4) is 0 Å². The summed E-state index contributed by atoms with van der Waals surface area (Å²) in [6.07, 6.45) is 107. The highest BCUT2D eigenvalue weighted by molar-refractivity contribution is 7.47. The highest BCUT2D eigenvalue weighted by Gasteiger charge is 2.27. The molecule has 0 saturated carbocycles. The van der Waals surface area contributed by atoms with E-state index in [9.17, 15) is 19.0 Å². The molecule has 0 amide bonds. The van der Waals surface area contributed by atoms with Gasteiger partial charge in [0.15, 0.2) is 6.10 Å². The van der Waals surface area contributed by atoms with Gasteiger partial charge in [0.2, 0.25) is 0 Å². The molecule has 0 rings (SSSR count). The summed E-state index contributed by atoms with van der Waals surface area (Å²) in [6, 6.07) is 0. The number of phosphoric ester groups is 1. The second-order valence-electron chi connectivity index (χ2n) is 23.8. The van der Waals surface area contributed by atoms with E-state index >= 15 is 0 Å². The zero-order valence-electron chi connectivity index (χ0n) is 57.5. The molecule has 2 unspecified atom stereocenters. The zero-order chi connectivity index (χ0) is 65.5. The van der Waals surface area contributed by atoms with Gasteiger partial charge in [-0.05, 0) is 141 Å². The van der Waals surface area contributed by atoms with Crippen molar-refractivity contribution in [3.63, 3.8) is 0 Å². The second kappa shape index (κ2) is 68.2. The molecule has 0 radical (unpaired) electrons. The SMILES string of the molecule is CC/C=C\C/C=C\C/C=C\C/C=C\C/C=C\C/C=C\C/C=C\C/C=C\C/C=C\CCCCCCCCCCCCCC(=O)OC(COC(=O)CCCCCCC/C=C\C/C=C\C/C=C\C/C=C\C/C=C\C/C=C\C/C=C\CC)COP(=O)(O)OCC[N+](C)(C)C. The quantitative estimate of drug-likeness (QED) is 0.0211. The van der Waals surface area contributed by atoms with E-state index in [1.807, 2.05) is 21.1 Å². The maximum absolute atomic E-state index is 12.9. The van der Waals surface area contributed by atoms with Crippen LogP contribution in [-0.2, 0) is 32.7 Å². The molecule has 0 aromatic rings. The number of quaternary nitrogens is 1. The van der Waals surface area contributed by atoms with Gasteiger partial charge in [-0.3, -0.25) is 18.6 Å². The average molecular weight is 1260 g/mol. The van der Waals surface area contributed by atoms with Crippen LogP contribution in [0.15, 0.2) is 194 Å². The molecule has 0 bridgehead atoms. The third kappa shape index (κ3) is 71.9. The van der Waals surface area contributed by atoms with E-state index < -0.39 is 32.5 Å². The largest absolute Gasteiger partial charge is 0.472 e. The molecular weight excluding hydrogens is 1130 g/mol. The Morgan fingerprint density at radius 3 is 0.889 bits per heavy atom. The number of ether oxygens (including phenoxy) is 2. The van der Waals surface area contributed by atoms with Gasteiger partial charge in [0.25, 0.3) is 0 Å². The lowest BCUT2D eigenvalue weighted by molar-refractivity contribution is -0.870. The number of carbonyl (C=O) groups is 2. The van der Waals surface area contributed by atoms with Gasteiger partial charge in [-0.25, -0.2) is 4.57 Å². The van der Waals surface area contributed by atoms with Crippen LogP contribution in [0.2, 0.25) is 0 Å². The fourth-order valence-corrected chi connectivity index (χ4v) is 9.55. The summed E-state index contributed by atoms with van der Waals surface area (Å²) < 4.78 is 34.7. The summed E-state index contributed by atoms with van der Waals surface area (Å²) in [5, 5.41) is 0. The van der Waals surface area contributed by atoms with Gasteiger partial charge < -0.3 is 18.9 Å². The zero-order valence-corrected chi connectivity index (χ0v) is 58.4. The lowest BCUT2D eigenvalue weighted by Crippen LogP contribution is -2.37. The molecule has 506 valence electrons. The average Bonchev–Trinajstić information content (AvgIpc) is 3.58. The smallest absolute Gasteiger partial charge is 0.462 e. The molecule has 0 aliphatic carbocycles. The van der Waals surface area contributed by atoms with E-state index in [2.05, 4.69) is 208 Å². The van der Waals surface area contributed by atoms with Crippen LogP contribution in [0.4, 0.5) is 0 Å². The molecule has 1 N–H and O–H groups in total. The number of unbranched alkanes of at least 4 members (excludes halogenated alkanes) is 16. The van der Waals surface area contributed by atoms with E-state index in [-0.39, 0.29) is 26.1 Å². The first-order valence-electron chi connectivity index (χ1n) is 35.2. The van der Waals surface area contributed by atoms with Crippen molar-refractivity contribution >= 4 is 19.8 Å². The Morgan fingerprint density at radius 1 is 0.344 bits per heavy atom. The number of esters is 2. The van der Waals surface area contributed by atoms with Crippen LogP contribution in [0.3, 0.4) is 0 Å². The fourth-order valence-electron chi connectivity index (χ4n) is 8.81. The molecule has 0 aromatic heterocycles. The normalized spacial score (nSPS) is 14.3. The minimum absolute atomic E-state index is 0.0172. The van der Waals surface area contributed by atoms with E-state index in [4.69, 9.17) is 18.5 Å². The fraction of sp³-hybridized carbons (Fsp3) is 0.575. The summed E-state index contributed by atoms with van der Waals surface area (Å²) in [6.45, 7) is 4.16. The predicted molar refractivity (Wildman–Crippen MR) is 389 cm³/mol. The maximum Gasteiger partial charge on any atom is 0.472 e. The summed E-state index contributed by atoms with van der Waals surface area (Å²) in [5.41, 5.74) is 0. The minimum Gasteiger partial charge on any atom is -0.462 e. The van der Waals surface area contributed by atoms with Crippen LogP contribution >= 0.6 is 7.82 Å². The van der Waals surface area contributed by atoms with Gasteiger partial charge in [0.1, 0.15) is 19.8 Å². The molecule has 2 atom stereocenters. The summed E-state index contributed by atoms with van der Waals surface area (Å²) in [7, 11) is 1.44.